The van der Waals surface area contributed by atoms with Gasteiger partial charge in [-0.15, -0.1) is 10.6 Å². The maximum atomic E-state index is 9.20. The maximum Gasteiger partial charge on any atom is 0.129 e. The Hall–Kier alpha value is 0.610. The smallest absolute Gasteiger partial charge is 0.129 e. The van der Waals surface area contributed by atoms with Gasteiger partial charge < -0.3 is 0 Å². The lowest BCUT2D eigenvalue weighted by Crippen LogP contribution is -2.56. The lowest BCUT2D eigenvalue weighted by atomic mass is 10.2. The van der Waals surface area contributed by atoms with Crippen LogP contribution in [0.25, 0.3) is 0 Å². The minimum atomic E-state index is -0.264. The van der Waals surface area contributed by atoms with E-state index < -0.39 is 0 Å². The molecule has 0 unspecified atom stereocenters. The molecule has 0 atom stereocenters. The normalized spacial score (nSPS) is 45.0. The van der Waals surface area contributed by atoms with Gasteiger partial charge >= 0.3 is 0 Å². The number of nitrogens with two attached hydrogens (primary N) is 1. The highest BCUT2D eigenvalue weighted by Gasteiger charge is 2.28. The number of hydroxylamine groups is 2. The van der Waals surface area contributed by atoms with E-state index >= 15 is 0 Å². The number of alkyl halides is 1. The molecular formula is C5H12IN2O+. The van der Waals surface area contributed by atoms with Crippen LogP contribution >= 0.6 is 22.6 Å². The zero-order valence-corrected chi connectivity index (χ0v) is 7.41. The van der Waals surface area contributed by atoms with Crippen LogP contribution in [0.1, 0.15) is 12.8 Å². The zero-order valence-electron chi connectivity index (χ0n) is 5.26. The maximum absolute atomic E-state index is 9.20. The van der Waals surface area contributed by atoms with E-state index in [-0.39, 0.29) is 4.76 Å². The van der Waals surface area contributed by atoms with E-state index in [4.69, 9.17) is 5.84 Å². The summed E-state index contributed by atoms with van der Waals surface area (Å²) in [5.74, 6) is 5.43. The van der Waals surface area contributed by atoms with Gasteiger partial charge in [-0.1, -0.05) is 22.6 Å². The minimum absolute atomic E-state index is 0.264. The topological polar surface area (TPSA) is 46.2 Å². The van der Waals surface area contributed by atoms with E-state index in [9.17, 15) is 5.21 Å². The molecular weight excluding hydrogens is 231 g/mol. The van der Waals surface area contributed by atoms with Crippen LogP contribution in [-0.2, 0) is 0 Å². The largest absolute Gasteiger partial charge is 0.196 e. The van der Waals surface area contributed by atoms with Crippen LogP contribution in [0.3, 0.4) is 0 Å². The molecule has 0 aromatic carbocycles. The average Bonchev–Trinajstić information content (AvgIpc) is 1.78. The zero-order chi connectivity index (χ0) is 6.91. The Balaban J connectivity index is 2.35. The SMILES string of the molecule is N[N+]1(O)CCC(I)CC1. The first kappa shape index (κ1) is 7.71. The van der Waals surface area contributed by atoms with Gasteiger partial charge in [0.15, 0.2) is 0 Å². The quantitative estimate of drug-likeness (QED) is 0.284. The molecule has 54 valence electrons. The Kier molecular flexibility index (Phi) is 2.31. The third kappa shape index (κ3) is 2.37. The molecule has 3 N–H and O–H groups in total. The molecule has 1 rings (SSSR count). The van der Waals surface area contributed by atoms with E-state index in [0.717, 1.165) is 12.8 Å². The fourth-order valence-corrected chi connectivity index (χ4v) is 1.54. The fraction of sp³-hybridized carbons (Fsp3) is 1.00. The first-order valence-electron chi connectivity index (χ1n) is 3.13. The van der Waals surface area contributed by atoms with Crippen LogP contribution in [0.2, 0.25) is 0 Å². The molecule has 0 aromatic heterocycles. The van der Waals surface area contributed by atoms with Crippen LogP contribution in [0.15, 0.2) is 0 Å². The van der Waals surface area contributed by atoms with Gasteiger partial charge in [0.1, 0.15) is 13.1 Å². The van der Waals surface area contributed by atoms with Gasteiger partial charge in [0.2, 0.25) is 0 Å². The Morgan fingerprint density at radius 2 is 1.89 bits per heavy atom. The van der Waals surface area contributed by atoms with E-state index in [2.05, 4.69) is 22.6 Å². The van der Waals surface area contributed by atoms with Gasteiger partial charge in [0, 0.05) is 16.8 Å². The molecule has 0 saturated carbocycles. The van der Waals surface area contributed by atoms with Gasteiger partial charge in [-0.3, -0.25) is 0 Å². The second kappa shape index (κ2) is 2.69. The second-order valence-electron chi connectivity index (χ2n) is 2.61. The standard InChI is InChI=1S/C5H12IN2O/c6-5-1-3-8(7,9)4-2-5/h5,9H,1-4,7H2/q+1. The highest BCUT2D eigenvalue weighted by molar-refractivity contribution is 14.1. The lowest BCUT2D eigenvalue weighted by Gasteiger charge is -2.29. The molecule has 1 fully saturated rings. The Morgan fingerprint density at radius 1 is 1.44 bits per heavy atom. The highest BCUT2D eigenvalue weighted by Crippen LogP contribution is 2.18. The van der Waals surface area contributed by atoms with Gasteiger partial charge in [-0.2, -0.15) is 5.21 Å². The summed E-state index contributed by atoms with van der Waals surface area (Å²) in [6.45, 7) is 1.40. The van der Waals surface area contributed by atoms with Crippen molar-refractivity contribution >= 4 is 22.6 Å². The summed E-state index contributed by atoms with van der Waals surface area (Å²) in [5.41, 5.74) is 0. The van der Waals surface area contributed by atoms with Crippen LogP contribution < -0.4 is 5.84 Å². The average molecular weight is 243 g/mol. The molecule has 9 heavy (non-hydrogen) atoms. The van der Waals surface area contributed by atoms with Gasteiger partial charge in [-0.05, 0) is 0 Å². The van der Waals surface area contributed by atoms with Crippen molar-refractivity contribution in [1.82, 2.24) is 0 Å². The second-order valence-corrected chi connectivity index (χ2v) is 4.37. The van der Waals surface area contributed by atoms with Gasteiger partial charge in [0.05, 0.1) is 0 Å². The molecule has 1 aliphatic heterocycles. The first-order valence-corrected chi connectivity index (χ1v) is 4.37. The van der Waals surface area contributed by atoms with Crippen LogP contribution in [0.4, 0.5) is 0 Å². The van der Waals surface area contributed by atoms with Crippen molar-refractivity contribution in [2.24, 2.45) is 5.84 Å². The molecule has 3 nitrogen and oxygen atoms in total. The van der Waals surface area contributed by atoms with E-state index in [1.807, 2.05) is 0 Å². The highest BCUT2D eigenvalue weighted by atomic mass is 127. The van der Waals surface area contributed by atoms with Crippen LogP contribution in [0.5, 0.6) is 0 Å². The Morgan fingerprint density at radius 3 is 2.22 bits per heavy atom. The van der Waals surface area contributed by atoms with Crippen molar-refractivity contribution in [2.75, 3.05) is 13.1 Å². The predicted molar refractivity (Wildman–Crippen MR) is 43.0 cm³/mol. The van der Waals surface area contributed by atoms with Crippen LogP contribution in [0, 0.1) is 0 Å². The summed E-state index contributed by atoms with van der Waals surface area (Å²) in [7, 11) is 0. The van der Waals surface area contributed by atoms with Crippen LogP contribution in [-0.4, -0.2) is 27.0 Å². The van der Waals surface area contributed by atoms with Crippen molar-refractivity contribution < 1.29 is 9.96 Å². The number of piperidine rings is 1. The van der Waals surface area contributed by atoms with Gasteiger partial charge in [-0.25, -0.2) is 0 Å². The van der Waals surface area contributed by atoms with E-state index in [1.54, 1.807) is 0 Å². The summed E-state index contributed by atoms with van der Waals surface area (Å²) in [5, 5.41) is 9.20. The van der Waals surface area contributed by atoms with E-state index in [1.165, 1.54) is 0 Å². The number of halogens is 1. The summed E-state index contributed by atoms with van der Waals surface area (Å²) in [4.78, 5) is 0. The first-order chi connectivity index (χ1) is 4.10. The summed E-state index contributed by atoms with van der Waals surface area (Å²) in [6.07, 6.45) is 2.07. The molecule has 4 heteroatoms. The molecule has 0 radical (unpaired) electrons. The summed E-state index contributed by atoms with van der Waals surface area (Å²) >= 11 is 2.40. The van der Waals surface area contributed by atoms with Crippen molar-refractivity contribution in [3.05, 3.63) is 0 Å². The molecule has 0 bridgehead atoms. The number of hydrogen-bond donors (Lipinski definition) is 2. The minimum Gasteiger partial charge on any atom is -0.196 e. The Labute approximate surface area is 68.5 Å². The molecule has 0 aliphatic carbocycles. The van der Waals surface area contributed by atoms with E-state index in [0.29, 0.717) is 17.0 Å². The summed E-state index contributed by atoms with van der Waals surface area (Å²) in [6, 6.07) is 0. The number of nitrogens with zero attached hydrogens (tertiary/aromatic N) is 1. The van der Waals surface area contributed by atoms with Crippen molar-refractivity contribution in [3.8, 4) is 0 Å². The monoisotopic (exact) mass is 243 g/mol. The molecule has 0 aromatic rings. The third-order valence-electron chi connectivity index (χ3n) is 1.66. The number of hydrogen-bond acceptors (Lipinski definition) is 2. The molecule has 1 heterocycles. The third-order valence-corrected chi connectivity index (χ3v) is 2.90. The predicted octanol–water partition coefficient (Wildman–Crippen LogP) is 0.663. The number of rotatable bonds is 0. The lowest BCUT2D eigenvalue weighted by molar-refractivity contribution is -1.11. The molecule has 0 amide bonds. The fourth-order valence-electron chi connectivity index (χ4n) is 0.983. The van der Waals surface area contributed by atoms with Gasteiger partial charge in [0.25, 0.3) is 0 Å². The summed E-state index contributed by atoms with van der Waals surface area (Å²) < 4.78 is 0.448. The van der Waals surface area contributed by atoms with Crippen molar-refractivity contribution in [3.63, 3.8) is 0 Å². The molecule has 1 aliphatic rings. The number of quaternary nitrogens is 1. The molecule has 0 spiro atoms. The molecule has 1 saturated heterocycles. The Bertz CT molecular complexity index is 97.1. The van der Waals surface area contributed by atoms with Crippen molar-refractivity contribution in [2.45, 2.75) is 16.8 Å². The van der Waals surface area contributed by atoms with Crippen molar-refractivity contribution in [1.29, 1.82) is 0 Å².